The molecule has 1 aromatic heterocycles. The molecule has 2 heterocycles. The van der Waals surface area contributed by atoms with E-state index >= 15 is 0 Å². The van der Waals surface area contributed by atoms with Crippen LogP contribution >= 0.6 is 0 Å². The lowest BCUT2D eigenvalue weighted by molar-refractivity contribution is -0.127. The minimum Gasteiger partial charge on any atom is -0.358 e. The SMILES string of the molecule is CCn1nc(C)c2c1CCN(C(C(=O)NC)c1ccccc1)C2CCc1cc(F)c(F)cc1F. The Labute approximate surface area is 197 Å². The summed E-state index contributed by atoms with van der Waals surface area (Å²) in [6.07, 6.45) is 1.33. The number of carbonyl (C=O) groups excluding carboxylic acids is 1. The van der Waals surface area contributed by atoms with Gasteiger partial charge in [0.25, 0.3) is 0 Å². The summed E-state index contributed by atoms with van der Waals surface area (Å²) in [4.78, 5) is 15.2. The third-order valence-corrected chi connectivity index (χ3v) is 6.64. The van der Waals surface area contributed by atoms with Gasteiger partial charge in [0.1, 0.15) is 11.9 Å². The molecule has 5 nitrogen and oxygen atoms in total. The van der Waals surface area contributed by atoms with Crippen LogP contribution < -0.4 is 5.32 Å². The summed E-state index contributed by atoms with van der Waals surface area (Å²) < 4.78 is 43.7. The number of rotatable bonds is 7. The Balaban J connectivity index is 1.76. The summed E-state index contributed by atoms with van der Waals surface area (Å²) in [5, 5.41) is 7.48. The summed E-state index contributed by atoms with van der Waals surface area (Å²) in [5.41, 5.74) is 3.97. The van der Waals surface area contributed by atoms with Crippen molar-refractivity contribution in [2.45, 2.75) is 51.7 Å². The van der Waals surface area contributed by atoms with Gasteiger partial charge in [-0.3, -0.25) is 14.4 Å². The zero-order chi connectivity index (χ0) is 24.4. The molecule has 34 heavy (non-hydrogen) atoms. The Bertz CT molecular complexity index is 1180. The highest BCUT2D eigenvalue weighted by Crippen LogP contribution is 2.40. The molecule has 1 N–H and O–H groups in total. The molecular formula is C26H29F3N4O. The van der Waals surface area contributed by atoms with Gasteiger partial charge in [-0.05, 0) is 43.9 Å². The fourth-order valence-corrected chi connectivity index (χ4v) is 5.09. The van der Waals surface area contributed by atoms with Crippen molar-refractivity contribution in [1.82, 2.24) is 20.0 Å². The second-order valence-electron chi connectivity index (χ2n) is 8.59. The fraction of sp³-hybridized carbons (Fsp3) is 0.385. The Morgan fingerprint density at radius 2 is 1.85 bits per heavy atom. The lowest BCUT2D eigenvalue weighted by Crippen LogP contribution is -2.45. The van der Waals surface area contributed by atoms with Gasteiger partial charge in [0.15, 0.2) is 11.6 Å². The van der Waals surface area contributed by atoms with Crippen molar-refractivity contribution in [2.24, 2.45) is 0 Å². The molecule has 180 valence electrons. The van der Waals surface area contributed by atoms with Crippen LogP contribution in [0.3, 0.4) is 0 Å². The zero-order valence-corrected chi connectivity index (χ0v) is 19.6. The van der Waals surface area contributed by atoms with E-state index in [0.29, 0.717) is 19.0 Å². The predicted molar refractivity (Wildman–Crippen MR) is 124 cm³/mol. The molecule has 0 fully saturated rings. The first-order valence-corrected chi connectivity index (χ1v) is 11.6. The van der Waals surface area contributed by atoms with Crippen molar-refractivity contribution in [3.8, 4) is 0 Å². The average Bonchev–Trinajstić information content (AvgIpc) is 3.17. The zero-order valence-electron chi connectivity index (χ0n) is 19.6. The van der Waals surface area contributed by atoms with Gasteiger partial charge >= 0.3 is 0 Å². The summed E-state index contributed by atoms with van der Waals surface area (Å²) in [6.45, 7) is 5.30. The predicted octanol–water partition coefficient (Wildman–Crippen LogP) is 4.65. The maximum absolute atomic E-state index is 14.4. The third kappa shape index (κ3) is 4.46. The summed E-state index contributed by atoms with van der Waals surface area (Å²) >= 11 is 0. The smallest absolute Gasteiger partial charge is 0.241 e. The molecule has 4 rings (SSSR count). The molecule has 0 aliphatic carbocycles. The Hall–Kier alpha value is -3.13. The highest BCUT2D eigenvalue weighted by molar-refractivity contribution is 5.83. The molecular weight excluding hydrogens is 441 g/mol. The van der Waals surface area contributed by atoms with Gasteiger partial charge in [0, 0.05) is 49.9 Å². The number of aryl methyl sites for hydroxylation is 3. The number of amides is 1. The van der Waals surface area contributed by atoms with Crippen LogP contribution in [0.2, 0.25) is 0 Å². The molecule has 0 saturated heterocycles. The van der Waals surface area contributed by atoms with E-state index in [4.69, 9.17) is 5.10 Å². The quantitative estimate of drug-likeness (QED) is 0.512. The largest absolute Gasteiger partial charge is 0.358 e. The van der Waals surface area contributed by atoms with Crippen molar-refractivity contribution < 1.29 is 18.0 Å². The third-order valence-electron chi connectivity index (χ3n) is 6.64. The normalized spacial score (nSPS) is 16.8. The number of nitrogens with one attached hydrogen (secondary N) is 1. The first-order chi connectivity index (χ1) is 16.3. The van der Waals surface area contributed by atoms with Gasteiger partial charge < -0.3 is 5.32 Å². The van der Waals surface area contributed by atoms with Crippen LogP contribution in [0.5, 0.6) is 0 Å². The van der Waals surface area contributed by atoms with E-state index in [1.807, 2.05) is 48.9 Å². The van der Waals surface area contributed by atoms with Crippen molar-refractivity contribution >= 4 is 5.91 Å². The van der Waals surface area contributed by atoms with E-state index in [-0.39, 0.29) is 23.9 Å². The first kappa shape index (κ1) is 24.0. The lowest BCUT2D eigenvalue weighted by atomic mass is 9.88. The van der Waals surface area contributed by atoms with E-state index in [1.165, 1.54) is 0 Å². The van der Waals surface area contributed by atoms with E-state index in [9.17, 15) is 18.0 Å². The Kier molecular flexibility index (Phi) is 7.07. The fourth-order valence-electron chi connectivity index (χ4n) is 5.09. The van der Waals surface area contributed by atoms with Gasteiger partial charge in [-0.2, -0.15) is 5.10 Å². The van der Waals surface area contributed by atoms with Crippen LogP contribution in [0.15, 0.2) is 42.5 Å². The summed E-state index contributed by atoms with van der Waals surface area (Å²) in [7, 11) is 1.61. The summed E-state index contributed by atoms with van der Waals surface area (Å²) in [5.74, 6) is -3.18. The van der Waals surface area contributed by atoms with E-state index in [1.54, 1.807) is 7.05 Å². The first-order valence-electron chi connectivity index (χ1n) is 11.6. The van der Waals surface area contributed by atoms with Crippen molar-refractivity contribution in [2.75, 3.05) is 13.6 Å². The number of likely N-dealkylation sites (N-methyl/N-ethyl adjacent to an activating group) is 1. The standard InChI is InChI=1S/C26H29F3N4O/c1-4-33-23-12-13-32(25(26(34)30-3)17-8-6-5-7-9-17)22(24(23)16(2)31-33)11-10-18-14-20(28)21(29)15-19(18)27/h5-9,14-15,22,25H,4,10-13H2,1-3H3,(H,30,34). The van der Waals surface area contributed by atoms with Gasteiger partial charge in [0.05, 0.1) is 5.69 Å². The minimum absolute atomic E-state index is 0.114. The molecule has 0 saturated carbocycles. The van der Waals surface area contributed by atoms with E-state index < -0.39 is 23.5 Å². The van der Waals surface area contributed by atoms with E-state index in [2.05, 4.69) is 10.2 Å². The van der Waals surface area contributed by atoms with Crippen LogP contribution in [0, 0.1) is 24.4 Å². The van der Waals surface area contributed by atoms with Crippen molar-refractivity contribution in [3.63, 3.8) is 0 Å². The van der Waals surface area contributed by atoms with Crippen LogP contribution in [0.4, 0.5) is 13.2 Å². The van der Waals surface area contributed by atoms with Crippen LogP contribution in [-0.4, -0.2) is 34.2 Å². The molecule has 2 atom stereocenters. The molecule has 0 bridgehead atoms. The molecule has 1 aliphatic rings. The second kappa shape index (κ2) is 10.0. The highest BCUT2D eigenvalue weighted by atomic mass is 19.2. The number of hydrogen-bond donors (Lipinski definition) is 1. The maximum atomic E-state index is 14.4. The average molecular weight is 471 g/mol. The number of aromatic nitrogens is 2. The molecule has 0 radical (unpaired) electrons. The van der Waals surface area contributed by atoms with Gasteiger partial charge in [-0.1, -0.05) is 30.3 Å². The highest BCUT2D eigenvalue weighted by Gasteiger charge is 2.39. The second-order valence-corrected chi connectivity index (χ2v) is 8.59. The molecule has 8 heteroatoms. The lowest BCUT2D eigenvalue weighted by Gasteiger charge is -2.41. The van der Waals surface area contributed by atoms with Crippen molar-refractivity contribution in [1.29, 1.82) is 0 Å². The molecule has 2 aromatic carbocycles. The molecule has 1 aliphatic heterocycles. The summed E-state index contributed by atoms with van der Waals surface area (Å²) in [6, 6.07) is 10.2. The van der Waals surface area contributed by atoms with E-state index in [0.717, 1.165) is 41.5 Å². The molecule has 3 aromatic rings. The van der Waals surface area contributed by atoms with Gasteiger partial charge in [-0.15, -0.1) is 0 Å². The minimum atomic E-state index is -1.20. The number of fused-ring (bicyclic) bond motifs is 1. The molecule has 1 amide bonds. The van der Waals surface area contributed by atoms with Crippen molar-refractivity contribution in [3.05, 3.63) is 88.0 Å². The van der Waals surface area contributed by atoms with Crippen LogP contribution in [0.1, 0.15) is 53.5 Å². The van der Waals surface area contributed by atoms with Crippen LogP contribution in [-0.2, 0) is 24.2 Å². The maximum Gasteiger partial charge on any atom is 0.241 e. The number of benzene rings is 2. The molecule has 0 spiro atoms. The number of carbonyl (C=O) groups is 1. The topological polar surface area (TPSA) is 50.2 Å². The van der Waals surface area contributed by atoms with Gasteiger partial charge in [-0.25, -0.2) is 13.2 Å². The Morgan fingerprint density at radius 1 is 1.15 bits per heavy atom. The monoisotopic (exact) mass is 470 g/mol. The number of halogens is 3. The Morgan fingerprint density at radius 3 is 2.53 bits per heavy atom. The van der Waals surface area contributed by atoms with Crippen LogP contribution in [0.25, 0.3) is 0 Å². The van der Waals surface area contributed by atoms with Gasteiger partial charge in [0.2, 0.25) is 5.91 Å². The molecule has 2 unspecified atom stereocenters. The number of nitrogens with zero attached hydrogens (tertiary/aromatic N) is 3. The number of hydrogen-bond acceptors (Lipinski definition) is 3.